The number of phenolic OH excluding ortho intramolecular Hbond substituents is 1. The summed E-state index contributed by atoms with van der Waals surface area (Å²) in [6, 6.07) is 13.7. The fraction of sp³-hybridized carbons (Fsp3) is 0. The summed E-state index contributed by atoms with van der Waals surface area (Å²) >= 11 is 0. The van der Waals surface area contributed by atoms with E-state index in [0.29, 0.717) is 16.7 Å². The van der Waals surface area contributed by atoms with Crippen molar-refractivity contribution in [3.05, 3.63) is 54.2 Å². The summed E-state index contributed by atoms with van der Waals surface area (Å²) in [6.07, 6.45) is 0. The number of hydrogen-bond acceptors (Lipinski definition) is 5. The van der Waals surface area contributed by atoms with Crippen molar-refractivity contribution >= 4 is 28.4 Å². The summed E-state index contributed by atoms with van der Waals surface area (Å²) in [4.78, 5) is 20.1. The zero-order valence-electron chi connectivity index (χ0n) is 10.9. The molecule has 0 atom stereocenters. The number of phenols is 1. The number of rotatable bonds is 3. The molecule has 0 aliphatic heterocycles. The summed E-state index contributed by atoms with van der Waals surface area (Å²) < 4.78 is 0. The number of benzene rings is 2. The molecule has 1 heterocycles. The Labute approximate surface area is 120 Å². The third kappa shape index (κ3) is 2.59. The van der Waals surface area contributed by atoms with Gasteiger partial charge in [-0.15, -0.1) is 0 Å². The van der Waals surface area contributed by atoms with Crippen LogP contribution in [0.4, 0.5) is 11.5 Å². The van der Waals surface area contributed by atoms with E-state index in [-0.39, 0.29) is 17.3 Å². The van der Waals surface area contributed by atoms with Crippen molar-refractivity contribution in [2.75, 3.05) is 5.32 Å². The van der Waals surface area contributed by atoms with Crippen molar-refractivity contribution in [1.29, 1.82) is 0 Å². The number of amides is 1. The van der Waals surface area contributed by atoms with Crippen molar-refractivity contribution in [3.8, 4) is 5.75 Å². The van der Waals surface area contributed by atoms with Gasteiger partial charge in [-0.1, -0.05) is 18.2 Å². The first-order chi connectivity index (χ1) is 10.1. The van der Waals surface area contributed by atoms with Gasteiger partial charge in [0, 0.05) is 11.8 Å². The number of nitrogens with zero attached hydrogens (tertiary/aromatic N) is 2. The number of aromatic hydroxyl groups is 1. The zero-order valence-corrected chi connectivity index (χ0v) is 10.9. The zero-order chi connectivity index (χ0) is 14.8. The van der Waals surface area contributed by atoms with Gasteiger partial charge in [-0.25, -0.2) is 9.97 Å². The monoisotopic (exact) mass is 280 g/mol. The van der Waals surface area contributed by atoms with E-state index in [4.69, 9.17) is 5.73 Å². The number of anilines is 2. The Morgan fingerprint density at radius 2 is 1.76 bits per heavy atom. The molecular formula is C15H12N4O2. The molecule has 0 fully saturated rings. The SMILES string of the molecule is NC(=O)c1nc2ccccc2nc1Nc1cccc(O)c1. The predicted molar refractivity (Wildman–Crippen MR) is 79.4 cm³/mol. The van der Waals surface area contributed by atoms with E-state index in [1.807, 2.05) is 12.1 Å². The maximum atomic E-state index is 11.6. The lowest BCUT2D eigenvalue weighted by Crippen LogP contribution is -2.16. The van der Waals surface area contributed by atoms with E-state index in [1.165, 1.54) is 6.07 Å². The topological polar surface area (TPSA) is 101 Å². The van der Waals surface area contributed by atoms with Gasteiger partial charge in [-0.05, 0) is 24.3 Å². The molecular weight excluding hydrogens is 268 g/mol. The molecule has 1 aromatic heterocycles. The number of nitrogens with two attached hydrogens (primary N) is 1. The minimum absolute atomic E-state index is 0.0528. The van der Waals surface area contributed by atoms with Crippen LogP contribution in [0, 0.1) is 0 Å². The number of carbonyl (C=O) groups excluding carboxylic acids is 1. The van der Waals surface area contributed by atoms with Crippen molar-refractivity contribution in [3.63, 3.8) is 0 Å². The molecule has 3 aromatic rings. The van der Waals surface area contributed by atoms with Crippen molar-refractivity contribution in [2.24, 2.45) is 5.73 Å². The lowest BCUT2D eigenvalue weighted by Gasteiger charge is -2.10. The van der Waals surface area contributed by atoms with Crippen LogP contribution in [-0.4, -0.2) is 21.0 Å². The summed E-state index contributed by atoms with van der Waals surface area (Å²) in [5.74, 6) is -0.308. The lowest BCUT2D eigenvalue weighted by atomic mass is 10.2. The summed E-state index contributed by atoms with van der Waals surface area (Å²) in [7, 11) is 0. The van der Waals surface area contributed by atoms with Gasteiger partial charge in [-0.3, -0.25) is 4.79 Å². The molecule has 6 nitrogen and oxygen atoms in total. The van der Waals surface area contributed by atoms with E-state index < -0.39 is 5.91 Å². The Morgan fingerprint density at radius 3 is 2.43 bits per heavy atom. The third-order valence-corrected chi connectivity index (χ3v) is 2.91. The second-order valence-electron chi connectivity index (χ2n) is 4.45. The highest BCUT2D eigenvalue weighted by Crippen LogP contribution is 2.23. The molecule has 1 amide bonds. The average Bonchev–Trinajstić information content (AvgIpc) is 2.46. The normalized spacial score (nSPS) is 10.5. The van der Waals surface area contributed by atoms with Gasteiger partial charge < -0.3 is 16.2 Å². The first-order valence-electron chi connectivity index (χ1n) is 6.26. The third-order valence-electron chi connectivity index (χ3n) is 2.91. The van der Waals surface area contributed by atoms with Crippen LogP contribution in [0.2, 0.25) is 0 Å². The number of primary amides is 1. The Balaban J connectivity index is 2.11. The van der Waals surface area contributed by atoms with Gasteiger partial charge in [0.05, 0.1) is 11.0 Å². The lowest BCUT2D eigenvalue weighted by molar-refractivity contribution is 0.0996. The first kappa shape index (κ1) is 12.9. The number of para-hydroxylation sites is 2. The second-order valence-corrected chi connectivity index (χ2v) is 4.45. The molecule has 2 aromatic carbocycles. The molecule has 0 aliphatic carbocycles. The molecule has 0 saturated heterocycles. The van der Waals surface area contributed by atoms with Gasteiger partial charge in [0.25, 0.3) is 5.91 Å². The van der Waals surface area contributed by atoms with Crippen molar-refractivity contribution < 1.29 is 9.90 Å². The van der Waals surface area contributed by atoms with Gasteiger partial charge in [-0.2, -0.15) is 0 Å². The number of nitrogens with one attached hydrogen (secondary N) is 1. The largest absolute Gasteiger partial charge is 0.508 e. The highest BCUT2D eigenvalue weighted by molar-refractivity contribution is 5.98. The Kier molecular flexibility index (Phi) is 3.12. The van der Waals surface area contributed by atoms with Crippen LogP contribution in [0.5, 0.6) is 5.75 Å². The maximum Gasteiger partial charge on any atom is 0.271 e. The summed E-state index contributed by atoms with van der Waals surface area (Å²) in [5.41, 5.74) is 7.23. The molecule has 6 heteroatoms. The van der Waals surface area contributed by atoms with Crippen LogP contribution in [0.3, 0.4) is 0 Å². The summed E-state index contributed by atoms with van der Waals surface area (Å²) in [6.45, 7) is 0. The van der Waals surface area contributed by atoms with Crippen LogP contribution < -0.4 is 11.1 Å². The molecule has 0 spiro atoms. The first-order valence-corrected chi connectivity index (χ1v) is 6.26. The smallest absolute Gasteiger partial charge is 0.271 e. The minimum Gasteiger partial charge on any atom is -0.508 e. The van der Waals surface area contributed by atoms with E-state index in [0.717, 1.165) is 0 Å². The standard InChI is InChI=1S/C15H12N4O2/c16-14(21)13-15(17-9-4-3-5-10(20)8-9)19-12-7-2-1-6-11(12)18-13/h1-8,20H,(H2,16,21)(H,17,19). The van der Waals surface area contributed by atoms with Crippen LogP contribution in [0.15, 0.2) is 48.5 Å². The minimum atomic E-state index is -0.670. The maximum absolute atomic E-state index is 11.6. The van der Waals surface area contributed by atoms with E-state index >= 15 is 0 Å². The Bertz CT molecular complexity index is 833. The molecule has 0 unspecified atom stereocenters. The Hall–Kier alpha value is -3.15. The molecule has 0 radical (unpaired) electrons. The number of carbonyl (C=O) groups is 1. The van der Waals surface area contributed by atoms with Crippen molar-refractivity contribution in [2.45, 2.75) is 0 Å². The molecule has 4 N–H and O–H groups in total. The predicted octanol–water partition coefficient (Wildman–Crippen LogP) is 2.18. The van der Waals surface area contributed by atoms with E-state index in [2.05, 4.69) is 15.3 Å². The van der Waals surface area contributed by atoms with Crippen molar-refractivity contribution in [1.82, 2.24) is 9.97 Å². The van der Waals surface area contributed by atoms with Crippen LogP contribution in [0.25, 0.3) is 11.0 Å². The molecule has 0 saturated carbocycles. The molecule has 3 rings (SSSR count). The second kappa shape index (κ2) is 5.09. The van der Waals surface area contributed by atoms with Crippen LogP contribution in [-0.2, 0) is 0 Å². The van der Waals surface area contributed by atoms with Gasteiger partial charge >= 0.3 is 0 Å². The molecule has 0 aliphatic rings. The molecule has 104 valence electrons. The summed E-state index contributed by atoms with van der Waals surface area (Å²) in [5, 5.41) is 12.4. The van der Waals surface area contributed by atoms with Gasteiger partial charge in [0.15, 0.2) is 11.5 Å². The Morgan fingerprint density at radius 1 is 1.05 bits per heavy atom. The quantitative estimate of drug-likeness (QED) is 0.682. The average molecular weight is 280 g/mol. The van der Waals surface area contributed by atoms with E-state index in [9.17, 15) is 9.90 Å². The van der Waals surface area contributed by atoms with Gasteiger partial charge in [0.1, 0.15) is 5.75 Å². The highest BCUT2D eigenvalue weighted by atomic mass is 16.3. The molecule has 21 heavy (non-hydrogen) atoms. The number of fused-ring (bicyclic) bond motifs is 1. The van der Waals surface area contributed by atoms with E-state index in [1.54, 1.807) is 30.3 Å². The fourth-order valence-electron chi connectivity index (χ4n) is 1.98. The van der Waals surface area contributed by atoms with Gasteiger partial charge in [0.2, 0.25) is 0 Å². The van der Waals surface area contributed by atoms with Crippen LogP contribution >= 0.6 is 0 Å². The number of hydrogen-bond donors (Lipinski definition) is 3. The van der Waals surface area contributed by atoms with Crippen LogP contribution in [0.1, 0.15) is 10.5 Å². The number of aromatic nitrogens is 2. The highest BCUT2D eigenvalue weighted by Gasteiger charge is 2.14. The fourth-order valence-corrected chi connectivity index (χ4v) is 1.98. The molecule has 0 bridgehead atoms.